The van der Waals surface area contributed by atoms with Crippen molar-refractivity contribution in [3.05, 3.63) is 63.9 Å². The Morgan fingerprint density at radius 2 is 2.00 bits per heavy atom. The van der Waals surface area contributed by atoms with Crippen molar-refractivity contribution < 1.29 is 4.79 Å². The number of halogens is 1. The summed E-state index contributed by atoms with van der Waals surface area (Å²) in [5.74, 6) is 0.670. The normalized spacial score (nSPS) is 19.0. The van der Waals surface area contributed by atoms with Gasteiger partial charge in [0.1, 0.15) is 0 Å². The number of amides is 1. The molecule has 0 saturated heterocycles. The van der Waals surface area contributed by atoms with Crippen molar-refractivity contribution in [1.82, 2.24) is 14.9 Å². The fourth-order valence-corrected chi connectivity index (χ4v) is 4.97. The van der Waals surface area contributed by atoms with E-state index in [1.807, 2.05) is 24.3 Å². The molecule has 2 unspecified atom stereocenters. The van der Waals surface area contributed by atoms with Gasteiger partial charge in [-0.05, 0) is 49.1 Å². The van der Waals surface area contributed by atoms with Crippen LogP contribution in [0, 0.1) is 5.92 Å². The largest absolute Gasteiger partial charge is 0.352 e. The lowest BCUT2D eigenvalue weighted by Crippen LogP contribution is -2.41. The van der Waals surface area contributed by atoms with Gasteiger partial charge < -0.3 is 5.32 Å². The van der Waals surface area contributed by atoms with Crippen molar-refractivity contribution >= 4 is 40.2 Å². The van der Waals surface area contributed by atoms with Gasteiger partial charge in [-0.15, -0.1) is 0 Å². The van der Waals surface area contributed by atoms with Gasteiger partial charge in [-0.3, -0.25) is 14.2 Å². The average Bonchev–Trinajstić information content (AvgIpc) is 2.74. The van der Waals surface area contributed by atoms with E-state index < -0.39 is 0 Å². The molecule has 0 aliphatic heterocycles. The van der Waals surface area contributed by atoms with Gasteiger partial charge in [0.2, 0.25) is 5.91 Å². The van der Waals surface area contributed by atoms with Crippen LogP contribution in [0.4, 0.5) is 0 Å². The Morgan fingerprint density at radius 3 is 2.80 bits per heavy atom. The van der Waals surface area contributed by atoms with Crippen LogP contribution in [0.2, 0.25) is 5.02 Å². The molecule has 1 N–H and O–H groups in total. The van der Waals surface area contributed by atoms with Crippen LogP contribution in [0.25, 0.3) is 16.6 Å². The third-order valence-electron chi connectivity index (χ3n) is 5.60. The van der Waals surface area contributed by atoms with Crippen molar-refractivity contribution in [2.24, 2.45) is 5.92 Å². The molecule has 5 nitrogen and oxygen atoms in total. The minimum Gasteiger partial charge on any atom is -0.352 e. The molecule has 0 bridgehead atoms. The van der Waals surface area contributed by atoms with Crippen molar-refractivity contribution in [2.45, 2.75) is 43.8 Å². The summed E-state index contributed by atoms with van der Waals surface area (Å²) >= 11 is 7.43. The quantitative estimate of drug-likeness (QED) is 0.455. The summed E-state index contributed by atoms with van der Waals surface area (Å²) in [6, 6.07) is 14.6. The van der Waals surface area contributed by atoms with Gasteiger partial charge in [0.15, 0.2) is 5.16 Å². The molecule has 7 heteroatoms. The first kappa shape index (κ1) is 20.9. The molecule has 4 rings (SSSR count). The lowest BCUT2D eigenvalue weighted by molar-refractivity contribution is -0.119. The maximum Gasteiger partial charge on any atom is 0.266 e. The standard InChI is InChI=1S/C23H24ClN3O2S/c1-15-7-2-4-11-19(15)25-21(28)14-30-23-26-20-12-5-3-10-18(20)22(29)27(23)17-9-6-8-16(24)13-17/h3,5-6,8-10,12-13,15,19H,2,4,7,11,14H2,1H3,(H,25,28). The first-order chi connectivity index (χ1) is 14.5. The molecule has 30 heavy (non-hydrogen) atoms. The Hall–Kier alpha value is -2.31. The first-order valence-corrected chi connectivity index (χ1v) is 11.6. The molecule has 1 amide bonds. The SMILES string of the molecule is CC1CCCCC1NC(=O)CSc1nc2ccccc2c(=O)n1-c1cccc(Cl)c1. The second kappa shape index (κ2) is 9.23. The van der Waals surface area contributed by atoms with Gasteiger partial charge in [0.25, 0.3) is 5.56 Å². The van der Waals surface area contributed by atoms with Crippen LogP contribution >= 0.6 is 23.4 Å². The van der Waals surface area contributed by atoms with E-state index in [9.17, 15) is 9.59 Å². The summed E-state index contributed by atoms with van der Waals surface area (Å²) in [5.41, 5.74) is 1.07. The van der Waals surface area contributed by atoms with Crippen molar-refractivity contribution in [2.75, 3.05) is 5.75 Å². The van der Waals surface area contributed by atoms with E-state index in [0.29, 0.717) is 32.7 Å². The maximum absolute atomic E-state index is 13.2. The van der Waals surface area contributed by atoms with Crippen molar-refractivity contribution in [1.29, 1.82) is 0 Å². The highest BCUT2D eigenvalue weighted by atomic mass is 35.5. The number of nitrogens with one attached hydrogen (secondary N) is 1. The molecule has 2 aromatic carbocycles. The number of nitrogens with zero attached hydrogens (tertiary/aromatic N) is 2. The second-order valence-corrected chi connectivity index (χ2v) is 9.14. The molecule has 1 aliphatic rings. The van der Waals surface area contributed by atoms with E-state index in [0.717, 1.165) is 19.3 Å². The van der Waals surface area contributed by atoms with E-state index in [2.05, 4.69) is 17.2 Å². The molecule has 1 aromatic heterocycles. The number of rotatable bonds is 5. The van der Waals surface area contributed by atoms with E-state index >= 15 is 0 Å². The highest BCUT2D eigenvalue weighted by Crippen LogP contribution is 2.25. The Labute approximate surface area is 184 Å². The van der Waals surface area contributed by atoms with Crippen LogP contribution in [0.1, 0.15) is 32.6 Å². The third kappa shape index (κ3) is 4.55. The molecule has 1 saturated carbocycles. The molecule has 3 aromatic rings. The predicted octanol–water partition coefficient (Wildman–Crippen LogP) is 4.83. The van der Waals surface area contributed by atoms with Gasteiger partial charge >= 0.3 is 0 Å². The second-order valence-electron chi connectivity index (χ2n) is 7.76. The number of hydrogen-bond acceptors (Lipinski definition) is 4. The average molecular weight is 442 g/mol. The van der Waals surface area contributed by atoms with Gasteiger partial charge in [-0.2, -0.15) is 0 Å². The Morgan fingerprint density at radius 1 is 1.20 bits per heavy atom. The maximum atomic E-state index is 13.2. The smallest absolute Gasteiger partial charge is 0.266 e. The highest BCUT2D eigenvalue weighted by molar-refractivity contribution is 7.99. The number of hydrogen-bond donors (Lipinski definition) is 1. The van der Waals surface area contributed by atoms with Gasteiger partial charge in [-0.25, -0.2) is 4.98 Å². The molecule has 0 radical (unpaired) electrons. The van der Waals surface area contributed by atoms with Crippen LogP contribution in [0.15, 0.2) is 58.5 Å². The zero-order valence-electron chi connectivity index (χ0n) is 16.8. The topological polar surface area (TPSA) is 64.0 Å². The van der Waals surface area contributed by atoms with Crippen molar-refractivity contribution in [3.63, 3.8) is 0 Å². The van der Waals surface area contributed by atoms with Gasteiger partial charge in [0, 0.05) is 11.1 Å². The molecular formula is C23H24ClN3O2S. The van der Waals surface area contributed by atoms with Gasteiger partial charge in [-0.1, -0.05) is 61.3 Å². The fraction of sp³-hybridized carbons (Fsp3) is 0.348. The number of thioether (sulfide) groups is 1. The Bertz CT molecular complexity index is 1130. The third-order valence-corrected chi connectivity index (χ3v) is 6.78. The molecule has 156 valence electrons. The summed E-state index contributed by atoms with van der Waals surface area (Å²) in [6.45, 7) is 2.19. The van der Waals surface area contributed by atoms with Crippen LogP contribution in [0.3, 0.4) is 0 Å². The summed E-state index contributed by atoms with van der Waals surface area (Å²) in [7, 11) is 0. The minimum absolute atomic E-state index is 0.0289. The van der Waals surface area contributed by atoms with E-state index in [4.69, 9.17) is 11.6 Å². The lowest BCUT2D eigenvalue weighted by atomic mass is 9.86. The minimum atomic E-state index is -0.174. The number of carbonyl (C=O) groups is 1. The summed E-state index contributed by atoms with van der Waals surface area (Å²) in [4.78, 5) is 30.5. The molecule has 2 atom stereocenters. The number of benzene rings is 2. The molecule has 0 spiro atoms. The van der Waals surface area contributed by atoms with Crippen LogP contribution in [-0.4, -0.2) is 27.3 Å². The number of para-hydroxylation sites is 1. The summed E-state index contributed by atoms with van der Waals surface area (Å²) < 4.78 is 1.54. The monoisotopic (exact) mass is 441 g/mol. The number of aromatic nitrogens is 2. The molecule has 1 fully saturated rings. The summed E-state index contributed by atoms with van der Waals surface area (Å²) in [6.07, 6.45) is 4.57. The van der Waals surface area contributed by atoms with Crippen molar-refractivity contribution in [3.8, 4) is 5.69 Å². The molecular weight excluding hydrogens is 418 g/mol. The van der Waals surface area contributed by atoms with E-state index in [-0.39, 0.29) is 23.3 Å². The van der Waals surface area contributed by atoms with Crippen LogP contribution < -0.4 is 10.9 Å². The fourth-order valence-electron chi connectivity index (χ4n) is 3.96. The van der Waals surface area contributed by atoms with Crippen LogP contribution in [-0.2, 0) is 4.79 Å². The number of carbonyl (C=O) groups excluding carboxylic acids is 1. The zero-order valence-corrected chi connectivity index (χ0v) is 18.4. The van der Waals surface area contributed by atoms with E-state index in [1.54, 1.807) is 24.3 Å². The highest BCUT2D eigenvalue weighted by Gasteiger charge is 2.23. The molecule has 1 aliphatic carbocycles. The Balaban J connectivity index is 1.63. The Kier molecular flexibility index (Phi) is 6.44. The summed E-state index contributed by atoms with van der Waals surface area (Å²) in [5, 5.41) is 4.71. The predicted molar refractivity (Wildman–Crippen MR) is 123 cm³/mol. The van der Waals surface area contributed by atoms with Crippen LogP contribution in [0.5, 0.6) is 0 Å². The zero-order chi connectivity index (χ0) is 21.1. The van der Waals surface area contributed by atoms with Gasteiger partial charge in [0.05, 0.1) is 22.3 Å². The lowest BCUT2D eigenvalue weighted by Gasteiger charge is -2.29. The van der Waals surface area contributed by atoms with E-state index in [1.165, 1.54) is 22.7 Å². The number of fused-ring (bicyclic) bond motifs is 1. The first-order valence-electron chi connectivity index (χ1n) is 10.2. The molecule has 1 heterocycles.